The van der Waals surface area contributed by atoms with Crippen LogP contribution in [0.1, 0.15) is 22.8 Å². The van der Waals surface area contributed by atoms with Gasteiger partial charge in [-0.2, -0.15) is 5.10 Å². The van der Waals surface area contributed by atoms with Gasteiger partial charge >= 0.3 is 12.3 Å². The number of carbonyl (C=O) groups excluding carboxylic acids is 2. The summed E-state index contributed by atoms with van der Waals surface area (Å²) in [4.78, 5) is 22.7. The molecule has 9 heteroatoms. The molecule has 136 valence electrons. The van der Waals surface area contributed by atoms with Crippen molar-refractivity contribution in [1.82, 2.24) is 5.43 Å². The number of carbonyl (C=O) groups is 2. The fourth-order valence-corrected chi connectivity index (χ4v) is 1.83. The van der Waals surface area contributed by atoms with Crippen molar-refractivity contribution in [2.75, 3.05) is 0 Å². The molecule has 6 nitrogen and oxygen atoms in total. The first-order chi connectivity index (χ1) is 12.2. The van der Waals surface area contributed by atoms with E-state index in [1.54, 1.807) is 24.3 Å². The molecule has 0 radical (unpaired) electrons. The molecule has 0 aliphatic carbocycles. The van der Waals surface area contributed by atoms with Crippen LogP contribution >= 0.6 is 0 Å². The second-order valence-corrected chi connectivity index (χ2v) is 4.93. The van der Waals surface area contributed by atoms with E-state index in [2.05, 4.69) is 15.3 Å². The quantitative estimate of drug-likeness (QED) is 0.381. The van der Waals surface area contributed by atoms with E-state index >= 15 is 0 Å². The lowest BCUT2D eigenvalue weighted by molar-refractivity contribution is -0.274. The largest absolute Gasteiger partial charge is 0.573 e. The summed E-state index contributed by atoms with van der Waals surface area (Å²) in [6, 6.07) is 10.8. The van der Waals surface area contributed by atoms with Crippen LogP contribution in [-0.2, 0) is 4.79 Å². The van der Waals surface area contributed by atoms with E-state index in [0.717, 1.165) is 12.1 Å². The van der Waals surface area contributed by atoms with E-state index in [4.69, 9.17) is 4.74 Å². The number of nitrogens with one attached hydrogen (secondary N) is 1. The molecule has 26 heavy (non-hydrogen) atoms. The van der Waals surface area contributed by atoms with Crippen molar-refractivity contribution in [2.24, 2.45) is 5.10 Å². The average Bonchev–Trinajstić information content (AvgIpc) is 2.55. The summed E-state index contributed by atoms with van der Waals surface area (Å²) in [6.07, 6.45) is -3.43. The van der Waals surface area contributed by atoms with Gasteiger partial charge in [0, 0.05) is 12.5 Å². The van der Waals surface area contributed by atoms with Crippen LogP contribution in [0.25, 0.3) is 0 Å². The Morgan fingerprint density at radius 2 is 1.58 bits per heavy atom. The van der Waals surface area contributed by atoms with Gasteiger partial charge in [-0.1, -0.05) is 0 Å². The van der Waals surface area contributed by atoms with Gasteiger partial charge in [0.1, 0.15) is 11.5 Å². The van der Waals surface area contributed by atoms with Crippen molar-refractivity contribution in [2.45, 2.75) is 13.3 Å². The standard InChI is InChI=1S/C17H13F3N2O4/c1-11(23)25-14-6-2-12(3-7-14)10-21-22-16(24)13-4-8-15(9-5-13)26-17(18,19)20/h2-10H,1H3,(H,22,24)/b21-10+. The highest BCUT2D eigenvalue weighted by atomic mass is 19.4. The Morgan fingerprint density at radius 1 is 1.00 bits per heavy atom. The van der Waals surface area contributed by atoms with Crippen LogP contribution in [-0.4, -0.2) is 24.5 Å². The third kappa shape index (κ3) is 6.27. The first kappa shape index (κ1) is 19.0. The van der Waals surface area contributed by atoms with Gasteiger partial charge in [0.15, 0.2) is 0 Å². The smallest absolute Gasteiger partial charge is 0.427 e. The second kappa shape index (κ2) is 8.15. The summed E-state index contributed by atoms with van der Waals surface area (Å²) in [5.41, 5.74) is 2.99. The SMILES string of the molecule is CC(=O)Oc1ccc(/C=N/NC(=O)c2ccc(OC(F)(F)F)cc2)cc1. The zero-order valence-corrected chi connectivity index (χ0v) is 13.4. The van der Waals surface area contributed by atoms with Crippen molar-refractivity contribution in [3.63, 3.8) is 0 Å². The van der Waals surface area contributed by atoms with Crippen molar-refractivity contribution in [3.8, 4) is 11.5 Å². The molecule has 2 aromatic rings. The number of amides is 1. The fourth-order valence-electron chi connectivity index (χ4n) is 1.83. The summed E-state index contributed by atoms with van der Waals surface area (Å²) >= 11 is 0. The minimum atomic E-state index is -4.79. The molecule has 0 heterocycles. The molecule has 0 bridgehead atoms. The predicted molar refractivity (Wildman–Crippen MR) is 85.9 cm³/mol. The Morgan fingerprint density at radius 3 is 2.12 bits per heavy atom. The van der Waals surface area contributed by atoms with Crippen molar-refractivity contribution >= 4 is 18.1 Å². The minimum Gasteiger partial charge on any atom is -0.427 e. The molecule has 1 amide bonds. The van der Waals surface area contributed by atoms with E-state index < -0.39 is 24.0 Å². The summed E-state index contributed by atoms with van der Waals surface area (Å²) in [6.45, 7) is 1.28. The monoisotopic (exact) mass is 366 g/mol. The Kier molecular flexibility index (Phi) is 5.94. The lowest BCUT2D eigenvalue weighted by Gasteiger charge is -2.08. The van der Waals surface area contributed by atoms with Gasteiger partial charge in [0.25, 0.3) is 5.91 Å². The van der Waals surface area contributed by atoms with E-state index in [-0.39, 0.29) is 5.56 Å². The van der Waals surface area contributed by atoms with Crippen LogP contribution in [0.2, 0.25) is 0 Å². The van der Waals surface area contributed by atoms with E-state index in [1.807, 2.05) is 0 Å². The lowest BCUT2D eigenvalue weighted by Crippen LogP contribution is -2.19. The zero-order valence-electron chi connectivity index (χ0n) is 13.4. The second-order valence-electron chi connectivity index (χ2n) is 4.93. The van der Waals surface area contributed by atoms with Crippen LogP contribution in [0.15, 0.2) is 53.6 Å². The maximum Gasteiger partial charge on any atom is 0.573 e. The first-order valence-electron chi connectivity index (χ1n) is 7.20. The van der Waals surface area contributed by atoms with Crippen LogP contribution in [0.3, 0.4) is 0 Å². The minimum absolute atomic E-state index is 0.113. The molecule has 0 saturated carbocycles. The van der Waals surface area contributed by atoms with Crippen LogP contribution < -0.4 is 14.9 Å². The molecule has 0 spiro atoms. The predicted octanol–water partition coefficient (Wildman–Crippen LogP) is 3.27. The normalized spacial score (nSPS) is 11.2. The van der Waals surface area contributed by atoms with E-state index in [1.165, 1.54) is 25.3 Å². The Bertz CT molecular complexity index is 800. The molecule has 0 aliphatic rings. The number of alkyl halides is 3. The summed E-state index contributed by atoms with van der Waals surface area (Å²) < 4.78 is 44.8. The molecule has 0 fully saturated rings. The number of hydrogen-bond acceptors (Lipinski definition) is 5. The van der Waals surface area contributed by atoms with Crippen LogP contribution in [0.5, 0.6) is 11.5 Å². The maximum absolute atomic E-state index is 12.1. The van der Waals surface area contributed by atoms with Crippen molar-refractivity contribution < 1.29 is 32.2 Å². The molecular weight excluding hydrogens is 353 g/mol. The Hall–Kier alpha value is -3.36. The van der Waals surface area contributed by atoms with Gasteiger partial charge in [-0.05, 0) is 54.1 Å². The molecule has 0 aliphatic heterocycles. The first-order valence-corrected chi connectivity index (χ1v) is 7.20. The Balaban J connectivity index is 1.91. The summed E-state index contributed by atoms with van der Waals surface area (Å²) in [7, 11) is 0. The van der Waals surface area contributed by atoms with Gasteiger partial charge in [0.2, 0.25) is 0 Å². The highest BCUT2D eigenvalue weighted by Crippen LogP contribution is 2.22. The topological polar surface area (TPSA) is 77.0 Å². The number of esters is 1. The highest BCUT2D eigenvalue weighted by molar-refractivity contribution is 5.95. The molecule has 2 aromatic carbocycles. The number of hydrogen-bond donors (Lipinski definition) is 1. The van der Waals surface area contributed by atoms with Gasteiger partial charge in [-0.25, -0.2) is 5.43 Å². The number of ether oxygens (including phenoxy) is 2. The van der Waals surface area contributed by atoms with Crippen LogP contribution in [0.4, 0.5) is 13.2 Å². The molecule has 0 atom stereocenters. The van der Waals surface area contributed by atoms with Gasteiger partial charge in [-0.3, -0.25) is 9.59 Å². The zero-order chi connectivity index (χ0) is 19.2. The van der Waals surface area contributed by atoms with E-state index in [9.17, 15) is 22.8 Å². The summed E-state index contributed by atoms with van der Waals surface area (Å²) in [5.74, 6) is -1.09. The maximum atomic E-state index is 12.1. The molecule has 2 rings (SSSR count). The highest BCUT2D eigenvalue weighted by Gasteiger charge is 2.31. The number of benzene rings is 2. The summed E-state index contributed by atoms with van der Waals surface area (Å²) in [5, 5.41) is 3.75. The average molecular weight is 366 g/mol. The molecule has 0 unspecified atom stereocenters. The third-order valence-corrected chi connectivity index (χ3v) is 2.87. The third-order valence-electron chi connectivity index (χ3n) is 2.87. The molecular formula is C17H13F3N2O4. The fraction of sp³-hybridized carbons (Fsp3) is 0.118. The Labute approximate surface area is 146 Å². The van der Waals surface area contributed by atoms with Gasteiger partial charge in [0.05, 0.1) is 6.21 Å². The lowest BCUT2D eigenvalue weighted by atomic mass is 10.2. The van der Waals surface area contributed by atoms with Crippen LogP contribution in [0, 0.1) is 0 Å². The number of rotatable bonds is 5. The van der Waals surface area contributed by atoms with E-state index in [0.29, 0.717) is 11.3 Å². The molecule has 0 aromatic heterocycles. The van der Waals surface area contributed by atoms with Gasteiger partial charge < -0.3 is 9.47 Å². The number of hydrazone groups is 1. The molecule has 1 N–H and O–H groups in total. The molecule has 0 saturated heterocycles. The van der Waals surface area contributed by atoms with Crippen molar-refractivity contribution in [1.29, 1.82) is 0 Å². The van der Waals surface area contributed by atoms with Gasteiger partial charge in [-0.15, -0.1) is 13.2 Å². The number of nitrogens with zero attached hydrogens (tertiary/aromatic N) is 1. The van der Waals surface area contributed by atoms with Crippen molar-refractivity contribution in [3.05, 3.63) is 59.7 Å². The number of halogens is 3.